The van der Waals surface area contributed by atoms with Crippen LogP contribution in [0.4, 0.5) is 17.6 Å². The smallest absolute Gasteiger partial charge is 0.417 e. The molecular weight excluding hydrogens is 278 g/mol. The summed E-state index contributed by atoms with van der Waals surface area (Å²) in [6.07, 6.45) is -2.80. The van der Waals surface area contributed by atoms with Crippen molar-refractivity contribution >= 4 is 5.97 Å². The van der Waals surface area contributed by atoms with E-state index in [2.05, 4.69) is 4.98 Å². The first-order chi connectivity index (χ1) is 9.30. The minimum atomic E-state index is -4.66. The summed E-state index contributed by atoms with van der Waals surface area (Å²) >= 11 is 0. The third kappa shape index (κ3) is 2.61. The lowest BCUT2D eigenvalue weighted by atomic mass is 9.97. The number of halogens is 4. The molecule has 7 heteroatoms. The summed E-state index contributed by atoms with van der Waals surface area (Å²) < 4.78 is 51.7. The maximum atomic E-state index is 13.1. The zero-order chi connectivity index (χ0) is 14.9. The number of aromatic nitrogens is 1. The number of rotatable bonds is 2. The lowest BCUT2D eigenvalue weighted by molar-refractivity contribution is -0.137. The van der Waals surface area contributed by atoms with Crippen molar-refractivity contribution in [1.29, 1.82) is 0 Å². The van der Waals surface area contributed by atoms with Gasteiger partial charge in [0.15, 0.2) is 0 Å². The largest absolute Gasteiger partial charge is 0.478 e. The van der Waals surface area contributed by atoms with Gasteiger partial charge in [0.1, 0.15) is 5.82 Å². The van der Waals surface area contributed by atoms with Crippen molar-refractivity contribution in [2.24, 2.45) is 0 Å². The van der Waals surface area contributed by atoms with Gasteiger partial charge in [0.25, 0.3) is 0 Å². The van der Waals surface area contributed by atoms with Gasteiger partial charge in [0.05, 0.1) is 11.1 Å². The Morgan fingerprint density at radius 1 is 1.15 bits per heavy atom. The fraction of sp³-hybridized carbons (Fsp3) is 0.0769. The van der Waals surface area contributed by atoms with Crippen molar-refractivity contribution in [2.75, 3.05) is 0 Å². The van der Waals surface area contributed by atoms with Gasteiger partial charge in [-0.1, -0.05) is 6.07 Å². The molecule has 0 aliphatic carbocycles. The van der Waals surface area contributed by atoms with Crippen LogP contribution in [0.1, 0.15) is 15.9 Å². The van der Waals surface area contributed by atoms with Gasteiger partial charge in [-0.25, -0.2) is 9.18 Å². The molecule has 0 aliphatic rings. The molecule has 0 atom stereocenters. The van der Waals surface area contributed by atoms with Gasteiger partial charge in [-0.15, -0.1) is 0 Å². The molecule has 1 N–H and O–H groups in total. The van der Waals surface area contributed by atoms with E-state index < -0.39 is 34.7 Å². The predicted octanol–water partition coefficient (Wildman–Crippen LogP) is 3.60. The second-order valence-corrected chi connectivity index (χ2v) is 3.91. The molecule has 1 aromatic heterocycles. The van der Waals surface area contributed by atoms with Gasteiger partial charge in [-0.05, 0) is 23.8 Å². The van der Waals surface area contributed by atoms with Crippen LogP contribution in [0.5, 0.6) is 0 Å². The summed E-state index contributed by atoms with van der Waals surface area (Å²) in [6.45, 7) is 0. The second kappa shape index (κ2) is 4.92. The number of aromatic carboxylic acids is 1. The van der Waals surface area contributed by atoms with E-state index in [1.807, 2.05) is 0 Å². The van der Waals surface area contributed by atoms with Crippen LogP contribution < -0.4 is 0 Å². The van der Waals surface area contributed by atoms with Gasteiger partial charge in [-0.2, -0.15) is 13.2 Å². The Bertz CT molecular complexity index is 668. The normalized spacial score (nSPS) is 11.4. The van der Waals surface area contributed by atoms with E-state index in [0.29, 0.717) is 6.07 Å². The van der Waals surface area contributed by atoms with Gasteiger partial charge < -0.3 is 5.11 Å². The SMILES string of the molecule is O=C(O)c1cc(F)ccc1-c1cnccc1C(F)(F)F. The van der Waals surface area contributed by atoms with Crippen LogP contribution in [0.2, 0.25) is 0 Å². The molecule has 0 aliphatic heterocycles. The average Bonchev–Trinajstić information content (AvgIpc) is 2.37. The van der Waals surface area contributed by atoms with Crippen LogP contribution in [0, 0.1) is 5.82 Å². The average molecular weight is 285 g/mol. The second-order valence-electron chi connectivity index (χ2n) is 3.91. The first kappa shape index (κ1) is 14.0. The predicted molar refractivity (Wildman–Crippen MR) is 61.6 cm³/mol. The van der Waals surface area contributed by atoms with Crippen molar-refractivity contribution in [3.8, 4) is 11.1 Å². The highest BCUT2D eigenvalue weighted by molar-refractivity contribution is 5.96. The summed E-state index contributed by atoms with van der Waals surface area (Å²) in [6, 6.07) is 3.30. The molecule has 0 saturated heterocycles. The maximum absolute atomic E-state index is 13.1. The number of benzene rings is 1. The van der Waals surface area contributed by atoms with Crippen molar-refractivity contribution in [3.63, 3.8) is 0 Å². The summed E-state index contributed by atoms with van der Waals surface area (Å²) in [4.78, 5) is 14.6. The molecule has 0 radical (unpaired) electrons. The topological polar surface area (TPSA) is 50.2 Å². The van der Waals surface area contributed by atoms with E-state index in [0.717, 1.165) is 30.6 Å². The number of hydrogen-bond donors (Lipinski definition) is 1. The molecule has 2 aromatic rings. The third-order valence-electron chi connectivity index (χ3n) is 2.63. The van der Waals surface area contributed by atoms with Crippen LogP contribution in [-0.2, 0) is 6.18 Å². The minimum absolute atomic E-state index is 0.237. The molecule has 0 saturated carbocycles. The number of carboxylic acid groups (broad SMARTS) is 1. The molecule has 0 amide bonds. The standard InChI is InChI=1S/C13H7F4NO2/c14-7-1-2-8(9(5-7)12(19)20)10-6-18-4-3-11(10)13(15,16)17/h1-6H,(H,19,20). The van der Waals surface area contributed by atoms with Gasteiger partial charge in [0.2, 0.25) is 0 Å². The van der Waals surface area contributed by atoms with E-state index in [9.17, 15) is 22.4 Å². The molecule has 0 unspecified atom stereocenters. The molecule has 0 fully saturated rings. The molecule has 0 spiro atoms. The van der Waals surface area contributed by atoms with Gasteiger partial charge >= 0.3 is 12.1 Å². The first-order valence-electron chi connectivity index (χ1n) is 5.35. The number of alkyl halides is 3. The van der Waals surface area contributed by atoms with E-state index >= 15 is 0 Å². The van der Waals surface area contributed by atoms with Crippen LogP contribution in [0.15, 0.2) is 36.7 Å². The Hall–Kier alpha value is -2.44. The fourth-order valence-corrected chi connectivity index (χ4v) is 1.78. The zero-order valence-corrected chi connectivity index (χ0v) is 9.78. The quantitative estimate of drug-likeness (QED) is 0.858. The summed E-state index contributed by atoms with van der Waals surface area (Å²) in [5.41, 5.74) is -2.22. The summed E-state index contributed by atoms with van der Waals surface area (Å²) in [7, 11) is 0. The Morgan fingerprint density at radius 3 is 2.45 bits per heavy atom. The molecule has 20 heavy (non-hydrogen) atoms. The molecule has 3 nitrogen and oxygen atoms in total. The van der Waals surface area contributed by atoms with E-state index in [-0.39, 0.29) is 5.56 Å². The van der Waals surface area contributed by atoms with Crippen LogP contribution in [-0.4, -0.2) is 16.1 Å². The van der Waals surface area contributed by atoms with Crippen molar-refractivity contribution in [2.45, 2.75) is 6.18 Å². The lowest BCUT2D eigenvalue weighted by Crippen LogP contribution is -2.09. The number of nitrogens with zero attached hydrogens (tertiary/aromatic N) is 1. The highest BCUT2D eigenvalue weighted by atomic mass is 19.4. The molecule has 0 bridgehead atoms. The monoisotopic (exact) mass is 285 g/mol. The van der Waals surface area contributed by atoms with Crippen LogP contribution >= 0.6 is 0 Å². The Labute approximate surface area is 110 Å². The van der Waals surface area contributed by atoms with E-state index in [1.165, 1.54) is 0 Å². The number of pyridine rings is 1. The molecular formula is C13H7F4NO2. The third-order valence-corrected chi connectivity index (χ3v) is 2.63. The summed E-state index contributed by atoms with van der Waals surface area (Å²) in [5, 5.41) is 8.98. The number of carbonyl (C=O) groups is 1. The van der Waals surface area contributed by atoms with Gasteiger partial charge in [0, 0.05) is 18.0 Å². The number of hydrogen-bond acceptors (Lipinski definition) is 2. The first-order valence-corrected chi connectivity index (χ1v) is 5.35. The van der Waals surface area contributed by atoms with Crippen molar-refractivity contribution < 1.29 is 27.5 Å². The highest BCUT2D eigenvalue weighted by Gasteiger charge is 2.34. The van der Waals surface area contributed by atoms with Gasteiger partial charge in [-0.3, -0.25) is 4.98 Å². The minimum Gasteiger partial charge on any atom is -0.478 e. The number of carboxylic acids is 1. The molecule has 2 rings (SSSR count). The fourth-order valence-electron chi connectivity index (χ4n) is 1.78. The lowest BCUT2D eigenvalue weighted by Gasteiger charge is -2.13. The van der Waals surface area contributed by atoms with Crippen molar-refractivity contribution in [1.82, 2.24) is 4.98 Å². The summed E-state index contributed by atoms with van der Waals surface area (Å²) in [5.74, 6) is -2.36. The molecule has 1 aromatic carbocycles. The van der Waals surface area contributed by atoms with E-state index in [1.54, 1.807) is 0 Å². The molecule has 104 valence electrons. The maximum Gasteiger partial charge on any atom is 0.417 e. The highest BCUT2D eigenvalue weighted by Crippen LogP contribution is 2.37. The van der Waals surface area contributed by atoms with E-state index in [4.69, 9.17) is 5.11 Å². The molecule has 1 heterocycles. The van der Waals surface area contributed by atoms with Crippen LogP contribution in [0.25, 0.3) is 11.1 Å². The Balaban J connectivity index is 2.73. The Kier molecular flexibility index (Phi) is 3.44. The zero-order valence-electron chi connectivity index (χ0n) is 9.78. The van der Waals surface area contributed by atoms with Crippen LogP contribution in [0.3, 0.4) is 0 Å². The van der Waals surface area contributed by atoms with Crippen molar-refractivity contribution in [3.05, 3.63) is 53.6 Å². The Morgan fingerprint density at radius 2 is 1.85 bits per heavy atom.